The van der Waals surface area contributed by atoms with Crippen molar-refractivity contribution in [2.24, 2.45) is 0 Å². The van der Waals surface area contributed by atoms with E-state index in [0.717, 1.165) is 22.6 Å². The first kappa shape index (κ1) is 13.7. The number of rotatable bonds is 6. The van der Waals surface area contributed by atoms with Crippen LogP contribution in [0, 0.1) is 4.91 Å². The van der Waals surface area contributed by atoms with Gasteiger partial charge in [-0.15, -0.1) is 0 Å². The average molecular weight is 273 g/mol. The van der Waals surface area contributed by atoms with E-state index in [9.17, 15) is 4.91 Å². The highest BCUT2D eigenvalue weighted by Crippen LogP contribution is 2.13. The number of hydrogen-bond acceptors (Lipinski definition) is 5. The van der Waals surface area contributed by atoms with Gasteiger partial charge in [0, 0.05) is 11.3 Å². The van der Waals surface area contributed by atoms with E-state index in [1.165, 1.54) is 7.11 Å². The zero-order chi connectivity index (χ0) is 14.4. The summed E-state index contributed by atoms with van der Waals surface area (Å²) in [6.07, 6.45) is 0. The second kappa shape index (κ2) is 6.42. The summed E-state index contributed by atoms with van der Waals surface area (Å²) in [5, 5.41) is 0. The third kappa shape index (κ3) is 3.88. The van der Waals surface area contributed by atoms with Gasteiger partial charge < -0.3 is 16.6 Å². The second-order valence-electron chi connectivity index (χ2n) is 4.24. The Morgan fingerprint density at radius 3 is 2.00 bits per heavy atom. The highest BCUT2D eigenvalue weighted by Gasteiger charge is 2.08. The Morgan fingerprint density at radius 2 is 1.50 bits per heavy atom. The number of benzene rings is 2. The number of nitrogen functional groups attached to an aromatic ring is 1. The van der Waals surface area contributed by atoms with Crippen molar-refractivity contribution in [2.45, 2.75) is 6.54 Å². The average Bonchev–Trinajstić information content (AvgIpc) is 2.48. The lowest BCUT2D eigenvalue weighted by Crippen LogP contribution is -2.09. The fourth-order valence-electron chi connectivity index (χ4n) is 1.62. The van der Waals surface area contributed by atoms with E-state index >= 15 is 0 Å². The number of hydrazine groups is 1. The van der Waals surface area contributed by atoms with E-state index in [1.54, 1.807) is 0 Å². The van der Waals surface area contributed by atoms with Crippen LogP contribution in [0.15, 0.2) is 48.5 Å². The predicted molar refractivity (Wildman–Crippen MR) is 78.9 cm³/mol. The zero-order valence-corrected chi connectivity index (χ0v) is 11.2. The van der Waals surface area contributed by atoms with Gasteiger partial charge in [-0.05, 0) is 36.4 Å². The Morgan fingerprint density at radius 1 is 1.00 bits per heavy atom. The lowest BCUT2D eigenvalue weighted by molar-refractivity contribution is -0.807. The van der Waals surface area contributed by atoms with E-state index in [1.807, 2.05) is 48.5 Å². The first-order valence-corrected chi connectivity index (χ1v) is 6.12. The molecule has 0 spiro atoms. The molecule has 104 valence electrons. The molecular weight excluding hydrogens is 256 g/mol. The smallest absolute Gasteiger partial charge is 0.273 e. The van der Waals surface area contributed by atoms with Crippen LogP contribution in [0.1, 0.15) is 5.56 Å². The number of hydrogen-bond donors (Lipinski definition) is 3. The van der Waals surface area contributed by atoms with Crippen LogP contribution < -0.4 is 16.6 Å². The fraction of sp³-hybridized carbons (Fsp3) is 0.143. The first-order chi connectivity index (χ1) is 9.67. The van der Waals surface area contributed by atoms with Gasteiger partial charge in [0.25, 0.3) is 6.54 Å². The molecule has 6 heteroatoms. The molecule has 6 nitrogen and oxygen atoms in total. The summed E-state index contributed by atoms with van der Waals surface area (Å²) in [6, 6.07) is 14.9. The number of anilines is 3. The van der Waals surface area contributed by atoms with Crippen LogP contribution in [0.3, 0.4) is 0 Å². The maximum absolute atomic E-state index is 11.1. The normalized spacial score (nSPS) is 9.85. The molecule has 4 N–H and O–H groups in total. The van der Waals surface area contributed by atoms with Gasteiger partial charge in [-0.25, -0.2) is 4.84 Å². The molecule has 0 aromatic heterocycles. The summed E-state index contributed by atoms with van der Waals surface area (Å²) >= 11 is 0. The molecule has 0 atom stereocenters. The molecule has 0 heterocycles. The summed E-state index contributed by atoms with van der Waals surface area (Å²) in [5.74, 6) is 0. The maximum Gasteiger partial charge on any atom is 0.273 e. The summed E-state index contributed by atoms with van der Waals surface area (Å²) in [5.41, 5.74) is 15.1. The van der Waals surface area contributed by atoms with Crippen molar-refractivity contribution < 1.29 is 9.76 Å². The largest absolute Gasteiger partial charge is 0.399 e. The van der Waals surface area contributed by atoms with E-state index in [0.29, 0.717) is 4.92 Å². The van der Waals surface area contributed by atoms with Gasteiger partial charge in [0.15, 0.2) is 7.11 Å². The molecule has 0 amide bonds. The van der Waals surface area contributed by atoms with Crippen molar-refractivity contribution in [1.82, 2.24) is 0 Å². The molecule has 0 fully saturated rings. The van der Waals surface area contributed by atoms with E-state index in [2.05, 4.69) is 15.7 Å². The van der Waals surface area contributed by atoms with E-state index in [4.69, 9.17) is 5.73 Å². The number of nitrogens with one attached hydrogen (secondary N) is 2. The minimum atomic E-state index is 0.197. The first-order valence-electron chi connectivity index (χ1n) is 6.12. The highest BCUT2D eigenvalue weighted by molar-refractivity contribution is 5.55. The van der Waals surface area contributed by atoms with Crippen molar-refractivity contribution in [1.29, 1.82) is 0 Å². The van der Waals surface area contributed by atoms with Gasteiger partial charge in [-0.1, -0.05) is 12.1 Å². The third-order valence-electron chi connectivity index (χ3n) is 2.73. The SMILES string of the molecule is CO[N+](=O)Cc1ccc(NNc2ccc(N)cc2)cc1. The van der Waals surface area contributed by atoms with Crippen molar-refractivity contribution in [3.63, 3.8) is 0 Å². The van der Waals surface area contributed by atoms with Crippen LogP contribution in [0.4, 0.5) is 17.1 Å². The maximum atomic E-state index is 11.1. The molecule has 0 aliphatic rings. The predicted octanol–water partition coefficient (Wildman–Crippen LogP) is 2.55. The molecular formula is C14H17N4O2+. The highest BCUT2D eigenvalue weighted by atomic mass is 16.8. The van der Waals surface area contributed by atoms with Gasteiger partial charge in [-0.3, -0.25) is 0 Å². The quantitative estimate of drug-likeness (QED) is 0.557. The van der Waals surface area contributed by atoms with Crippen molar-refractivity contribution >= 4 is 17.1 Å². The van der Waals surface area contributed by atoms with Gasteiger partial charge in [0.1, 0.15) is 0 Å². The molecule has 0 unspecified atom stereocenters. The molecule has 0 saturated heterocycles. The summed E-state index contributed by atoms with van der Waals surface area (Å²) in [6.45, 7) is 0.197. The van der Waals surface area contributed by atoms with Gasteiger partial charge in [0.05, 0.1) is 16.3 Å². The van der Waals surface area contributed by atoms with Crippen molar-refractivity contribution in [3.8, 4) is 0 Å². The molecule has 0 bridgehead atoms. The van der Waals surface area contributed by atoms with Gasteiger partial charge in [-0.2, -0.15) is 0 Å². The molecule has 2 aromatic rings. The molecule has 0 aliphatic heterocycles. The molecule has 0 radical (unpaired) electrons. The molecule has 0 aliphatic carbocycles. The van der Waals surface area contributed by atoms with Crippen LogP contribution in [0.2, 0.25) is 0 Å². The van der Waals surface area contributed by atoms with Crippen LogP contribution in [0.25, 0.3) is 0 Å². The van der Waals surface area contributed by atoms with E-state index < -0.39 is 0 Å². The molecule has 2 aromatic carbocycles. The Hall–Kier alpha value is -2.76. The Balaban J connectivity index is 1.90. The lowest BCUT2D eigenvalue weighted by Gasteiger charge is -2.09. The third-order valence-corrected chi connectivity index (χ3v) is 2.73. The van der Waals surface area contributed by atoms with Crippen LogP contribution in [-0.4, -0.2) is 12.0 Å². The molecule has 2 rings (SSSR count). The van der Waals surface area contributed by atoms with Crippen LogP contribution in [0.5, 0.6) is 0 Å². The van der Waals surface area contributed by atoms with Crippen LogP contribution in [-0.2, 0) is 11.4 Å². The standard InChI is InChI=1S/C14H17N4O2/c1-20-18(19)10-11-2-6-13(7-3-11)16-17-14-8-4-12(15)5-9-14/h2-9,16-17H,10,15H2,1H3/q+1. The van der Waals surface area contributed by atoms with Gasteiger partial charge >= 0.3 is 0 Å². The lowest BCUT2D eigenvalue weighted by atomic mass is 10.2. The Kier molecular flexibility index (Phi) is 4.39. The molecule has 20 heavy (non-hydrogen) atoms. The van der Waals surface area contributed by atoms with Crippen molar-refractivity contribution in [2.75, 3.05) is 23.7 Å². The number of nitrogens with zero attached hydrogens (tertiary/aromatic N) is 1. The summed E-state index contributed by atoms with van der Waals surface area (Å²) < 4.78 is 0. The van der Waals surface area contributed by atoms with E-state index in [-0.39, 0.29) is 6.54 Å². The molecule has 0 saturated carbocycles. The topological polar surface area (TPSA) is 79.4 Å². The summed E-state index contributed by atoms with van der Waals surface area (Å²) in [7, 11) is 1.35. The monoisotopic (exact) mass is 273 g/mol. The number of nitrogens with two attached hydrogens (primary N) is 1. The minimum absolute atomic E-state index is 0.197. The fourth-order valence-corrected chi connectivity index (χ4v) is 1.62. The minimum Gasteiger partial charge on any atom is -0.399 e. The Bertz CT molecular complexity index is 567. The Labute approximate surface area is 117 Å². The van der Waals surface area contributed by atoms with Crippen molar-refractivity contribution in [3.05, 3.63) is 59.0 Å². The second-order valence-corrected chi connectivity index (χ2v) is 4.24. The summed E-state index contributed by atoms with van der Waals surface area (Å²) in [4.78, 5) is 16.1. The zero-order valence-electron chi connectivity index (χ0n) is 11.2. The van der Waals surface area contributed by atoms with Gasteiger partial charge in [0.2, 0.25) is 4.92 Å². The van der Waals surface area contributed by atoms with Crippen LogP contribution >= 0.6 is 0 Å².